The van der Waals surface area contributed by atoms with E-state index in [-0.39, 0.29) is 5.56 Å². The Labute approximate surface area is 167 Å². The number of hydrogen-bond donors (Lipinski definition) is 1. The third-order valence-corrected chi connectivity index (χ3v) is 6.13. The van der Waals surface area contributed by atoms with Crippen LogP contribution >= 0.6 is 11.3 Å². The fourth-order valence-corrected chi connectivity index (χ4v) is 4.59. The maximum atomic E-state index is 13.0. The summed E-state index contributed by atoms with van der Waals surface area (Å²) in [5.74, 6) is 1.44. The van der Waals surface area contributed by atoms with E-state index in [4.69, 9.17) is 9.72 Å². The maximum Gasteiger partial charge on any atom is 0.260 e. The van der Waals surface area contributed by atoms with Gasteiger partial charge < -0.3 is 9.72 Å². The zero-order chi connectivity index (χ0) is 19.8. The minimum Gasteiger partial charge on any atom is -0.496 e. The summed E-state index contributed by atoms with van der Waals surface area (Å²) in [5, 5.41) is 0.675. The smallest absolute Gasteiger partial charge is 0.260 e. The molecule has 0 amide bonds. The first-order valence-electron chi connectivity index (χ1n) is 9.19. The van der Waals surface area contributed by atoms with Crippen LogP contribution in [0.4, 0.5) is 0 Å². The van der Waals surface area contributed by atoms with Crippen LogP contribution in [0, 0.1) is 20.8 Å². The predicted octanol–water partition coefficient (Wildman–Crippen LogP) is 5.18. The van der Waals surface area contributed by atoms with Gasteiger partial charge in [0.15, 0.2) is 0 Å². The van der Waals surface area contributed by atoms with Crippen LogP contribution in [-0.4, -0.2) is 17.1 Å². The molecule has 0 aliphatic heterocycles. The molecule has 0 bridgehead atoms. The lowest BCUT2D eigenvalue weighted by Gasteiger charge is -2.08. The van der Waals surface area contributed by atoms with Crippen LogP contribution in [-0.2, 0) is 6.42 Å². The normalized spacial score (nSPS) is 11.1. The van der Waals surface area contributed by atoms with Crippen LogP contribution in [0.2, 0.25) is 0 Å². The molecular weight excluding hydrogens is 368 g/mol. The van der Waals surface area contributed by atoms with E-state index in [1.807, 2.05) is 24.3 Å². The van der Waals surface area contributed by atoms with Gasteiger partial charge in [0.2, 0.25) is 0 Å². The molecule has 0 saturated heterocycles. The molecule has 1 N–H and O–H groups in total. The average molecular weight is 391 g/mol. The van der Waals surface area contributed by atoms with E-state index in [1.165, 1.54) is 11.1 Å². The fourth-order valence-electron chi connectivity index (χ4n) is 3.52. The highest BCUT2D eigenvalue weighted by Gasteiger charge is 2.17. The Morgan fingerprint density at radius 3 is 2.61 bits per heavy atom. The molecule has 0 fully saturated rings. The van der Waals surface area contributed by atoms with Crippen LogP contribution in [0.5, 0.6) is 5.75 Å². The van der Waals surface area contributed by atoms with Gasteiger partial charge in [0.05, 0.1) is 12.5 Å². The standard InChI is InChI=1S/C23H22N2O2S/c1-13-9-10-17(11-14(13)2)20-15(3)28-23-21(20)22(26)24-19(25-23)12-16-7-5-6-8-18(16)27-4/h5-11H,12H2,1-4H3,(H,24,25,26). The number of aryl methyl sites for hydroxylation is 3. The molecule has 5 heteroatoms. The largest absolute Gasteiger partial charge is 0.496 e. The number of nitrogens with zero attached hydrogens (tertiary/aromatic N) is 1. The number of fused-ring (bicyclic) bond motifs is 1. The molecule has 2 aromatic carbocycles. The predicted molar refractivity (Wildman–Crippen MR) is 116 cm³/mol. The number of methoxy groups -OCH3 is 1. The molecule has 0 radical (unpaired) electrons. The number of ether oxygens (including phenoxy) is 1. The third kappa shape index (κ3) is 3.22. The number of hydrogen-bond acceptors (Lipinski definition) is 4. The van der Waals surface area contributed by atoms with Gasteiger partial charge in [-0.1, -0.05) is 36.4 Å². The Balaban J connectivity index is 1.83. The molecule has 142 valence electrons. The number of H-pyrrole nitrogens is 1. The fraction of sp³-hybridized carbons (Fsp3) is 0.217. The van der Waals surface area contributed by atoms with E-state index in [1.54, 1.807) is 18.4 Å². The lowest BCUT2D eigenvalue weighted by Crippen LogP contribution is -2.12. The summed E-state index contributed by atoms with van der Waals surface area (Å²) < 4.78 is 5.42. The Morgan fingerprint density at radius 2 is 1.86 bits per heavy atom. The van der Waals surface area contributed by atoms with Gasteiger partial charge in [0.25, 0.3) is 5.56 Å². The van der Waals surface area contributed by atoms with E-state index in [0.29, 0.717) is 17.6 Å². The highest BCUT2D eigenvalue weighted by Crippen LogP contribution is 2.36. The molecular formula is C23H22N2O2S. The molecule has 2 aromatic heterocycles. The van der Waals surface area contributed by atoms with E-state index in [9.17, 15) is 4.79 Å². The van der Waals surface area contributed by atoms with Crippen LogP contribution in [0.15, 0.2) is 47.3 Å². The number of para-hydroxylation sites is 1. The Kier molecular flexibility index (Phi) is 4.77. The van der Waals surface area contributed by atoms with Crippen molar-refractivity contribution in [2.45, 2.75) is 27.2 Å². The molecule has 0 spiro atoms. The monoisotopic (exact) mass is 390 g/mol. The van der Waals surface area contributed by atoms with Gasteiger partial charge in [0.1, 0.15) is 16.4 Å². The van der Waals surface area contributed by atoms with Crippen molar-refractivity contribution in [3.63, 3.8) is 0 Å². The summed E-state index contributed by atoms with van der Waals surface area (Å²) in [5.41, 5.74) is 5.42. The van der Waals surface area contributed by atoms with Crippen molar-refractivity contribution >= 4 is 21.6 Å². The summed E-state index contributed by atoms with van der Waals surface area (Å²) in [4.78, 5) is 22.6. The topological polar surface area (TPSA) is 55.0 Å². The second-order valence-electron chi connectivity index (χ2n) is 7.01. The highest BCUT2D eigenvalue weighted by molar-refractivity contribution is 7.19. The summed E-state index contributed by atoms with van der Waals surface area (Å²) in [7, 11) is 1.65. The van der Waals surface area contributed by atoms with E-state index >= 15 is 0 Å². The van der Waals surface area contributed by atoms with Crippen molar-refractivity contribution in [3.05, 3.63) is 80.2 Å². The Bertz CT molecular complexity index is 1240. The zero-order valence-electron chi connectivity index (χ0n) is 16.4. The third-order valence-electron chi connectivity index (χ3n) is 5.13. The van der Waals surface area contributed by atoms with E-state index in [0.717, 1.165) is 32.1 Å². The number of aromatic nitrogens is 2. The minimum absolute atomic E-state index is 0.0903. The summed E-state index contributed by atoms with van der Waals surface area (Å²) in [6.07, 6.45) is 0.519. The lowest BCUT2D eigenvalue weighted by atomic mass is 9.99. The van der Waals surface area contributed by atoms with Crippen molar-refractivity contribution < 1.29 is 4.74 Å². The summed E-state index contributed by atoms with van der Waals surface area (Å²) in [6, 6.07) is 14.1. The second kappa shape index (κ2) is 7.24. The number of nitrogens with one attached hydrogen (secondary N) is 1. The summed E-state index contributed by atoms with van der Waals surface area (Å²) >= 11 is 1.57. The van der Waals surface area contributed by atoms with E-state index < -0.39 is 0 Å². The molecule has 4 nitrogen and oxygen atoms in total. The highest BCUT2D eigenvalue weighted by atomic mass is 32.1. The quantitative estimate of drug-likeness (QED) is 0.523. The molecule has 0 atom stereocenters. The van der Waals surface area contributed by atoms with Crippen molar-refractivity contribution in [1.29, 1.82) is 0 Å². The molecule has 28 heavy (non-hydrogen) atoms. The zero-order valence-corrected chi connectivity index (χ0v) is 17.2. The lowest BCUT2D eigenvalue weighted by molar-refractivity contribution is 0.410. The van der Waals surface area contributed by atoms with Crippen molar-refractivity contribution in [2.24, 2.45) is 0 Å². The van der Waals surface area contributed by atoms with Gasteiger partial charge in [-0.05, 0) is 43.5 Å². The number of rotatable bonds is 4. The molecule has 2 heterocycles. The SMILES string of the molecule is COc1ccccc1Cc1nc2sc(C)c(-c3ccc(C)c(C)c3)c2c(=O)[nH]1. The minimum atomic E-state index is -0.0903. The maximum absolute atomic E-state index is 13.0. The molecule has 0 unspecified atom stereocenters. The van der Waals surface area contributed by atoms with Gasteiger partial charge in [-0.25, -0.2) is 4.98 Å². The first-order chi connectivity index (χ1) is 13.5. The van der Waals surface area contributed by atoms with Gasteiger partial charge in [-0.15, -0.1) is 11.3 Å². The summed E-state index contributed by atoms with van der Waals surface area (Å²) in [6.45, 7) is 6.24. The molecule has 0 aliphatic rings. The van der Waals surface area contributed by atoms with Gasteiger partial charge in [-0.3, -0.25) is 4.79 Å². The van der Waals surface area contributed by atoms with E-state index in [2.05, 4.69) is 44.0 Å². The second-order valence-corrected chi connectivity index (χ2v) is 8.22. The number of thiophene rings is 1. The van der Waals surface area contributed by atoms with Gasteiger partial charge in [-0.2, -0.15) is 0 Å². The molecule has 4 rings (SSSR count). The van der Waals surface area contributed by atoms with Gasteiger partial charge >= 0.3 is 0 Å². The van der Waals surface area contributed by atoms with Crippen LogP contribution in [0.1, 0.15) is 27.4 Å². The van der Waals surface area contributed by atoms with Crippen molar-refractivity contribution in [1.82, 2.24) is 9.97 Å². The van der Waals surface area contributed by atoms with Gasteiger partial charge in [0, 0.05) is 22.4 Å². The van der Waals surface area contributed by atoms with Crippen molar-refractivity contribution in [2.75, 3.05) is 7.11 Å². The first-order valence-corrected chi connectivity index (χ1v) is 10.0. The molecule has 0 aliphatic carbocycles. The number of benzene rings is 2. The Morgan fingerprint density at radius 1 is 1.07 bits per heavy atom. The van der Waals surface area contributed by atoms with Crippen molar-refractivity contribution in [3.8, 4) is 16.9 Å². The average Bonchev–Trinajstić information content (AvgIpc) is 3.01. The molecule has 4 aromatic rings. The van der Waals surface area contributed by atoms with Crippen LogP contribution in [0.25, 0.3) is 21.3 Å². The van der Waals surface area contributed by atoms with Crippen LogP contribution in [0.3, 0.4) is 0 Å². The molecule has 0 saturated carbocycles. The van der Waals surface area contributed by atoms with Crippen LogP contribution < -0.4 is 10.3 Å². The Hall–Kier alpha value is -2.92. The number of aromatic amines is 1. The first kappa shape index (κ1) is 18.4.